The molecule has 2 aromatic heterocycles. The molecule has 0 saturated carbocycles. The molecule has 0 aliphatic carbocycles. The Balaban J connectivity index is 1.74. The molecule has 179 valence electrons. The van der Waals surface area contributed by atoms with Crippen LogP contribution in [0.25, 0.3) is 22.3 Å². The van der Waals surface area contributed by atoms with Crippen LogP contribution in [0.1, 0.15) is 28.6 Å². The highest BCUT2D eigenvalue weighted by Gasteiger charge is 2.27. The first-order valence-electron chi connectivity index (χ1n) is 11.4. The maximum atomic E-state index is 12.3. The van der Waals surface area contributed by atoms with Gasteiger partial charge in [-0.2, -0.15) is 0 Å². The fourth-order valence-electron chi connectivity index (χ4n) is 4.31. The molecule has 1 radical (unpaired) electrons. The van der Waals surface area contributed by atoms with Crippen LogP contribution in [0.2, 0.25) is 0 Å². The van der Waals surface area contributed by atoms with Crippen molar-refractivity contribution in [3.63, 3.8) is 0 Å². The second-order valence-electron chi connectivity index (χ2n) is 8.14. The molecule has 1 unspecified atom stereocenters. The molecule has 3 aromatic rings. The zero-order chi connectivity index (χ0) is 24.8. The molecular formula is C27H29N6OS. The monoisotopic (exact) mass is 485 g/mol. The Labute approximate surface area is 209 Å². The molecule has 1 atom stereocenters. The Morgan fingerprint density at radius 3 is 2.77 bits per heavy atom. The number of allylic oxidation sites excluding steroid dienone is 3. The second-order valence-corrected chi connectivity index (χ2v) is 9.23. The number of carbonyl (C=O) groups is 1. The quantitative estimate of drug-likeness (QED) is 0.285. The number of fused-ring (bicyclic) bond motifs is 1. The van der Waals surface area contributed by atoms with Crippen LogP contribution in [0, 0.1) is 11.8 Å². The van der Waals surface area contributed by atoms with E-state index in [1.807, 2.05) is 47.7 Å². The van der Waals surface area contributed by atoms with Gasteiger partial charge in [0.15, 0.2) is 0 Å². The minimum atomic E-state index is -0.0455. The Morgan fingerprint density at radius 1 is 1.23 bits per heavy atom. The van der Waals surface area contributed by atoms with Gasteiger partial charge in [-0.1, -0.05) is 30.9 Å². The SMILES string of the molecule is C=C[CH]/C=C(/Nc1nc2ccccc2n1C1CCCN(C(=O)C=C)C1)c1ccc(C(C=N)=CN)s1. The lowest BCUT2D eigenvalue weighted by Crippen LogP contribution is -2.40. The topological polar surface area (TPSA) is 100 Å². The molecule has 4 N–H and O–H groups in total. The van der Waals surface area contributed by atoms with Crippen LogP contribution < -0.4 is 11.1 Å². The van der Waals surface area contributed by atoms with Crippen LogP contribution in [0.4, 0.5) is 5.95 Å². The second kappa shape index (κ2) is 11.0. The third kappa shape index (κ3) is 5.12. The number of amides is 1. The van der Waals surface area contributed by atoms with Crippen LogP contribution in [0.3, 0.4) is 0 Å². The number of nitrogens with two attached hydrogens (primary N) is 1. The summed E-state index contributed by atoms with van der Waals surface area (Å²) in [5.41, 5.74) is 9.11. The summed E-state index contributed by atoms with van der Waals surface area (Å²) in [6.07, 6.45) is 11.5. The number of rotatable bonds is 9. The average molecular weight is 486 g/mol. The number of para-hydroxylation sites is 2. The molecule has 1 amide bonds. The van der Waals surface area contributed by atoms with E-state index >= 15 is 0 Å². The maximum absolute atomic E-state index is 12.3. The maximum Gasteiger partial charge on any atom is 0.246 e. The molecule has 7 nitrogen and oxygen atoms in total. The number of hydrogen-bond donors (Lipinski definition) is 3. The number of carbonyl (C=O) groups excluding carboxylic acids is 1. The van der Waals surface area contributed by atoms with E-state index in [0.29, 0.717) is 18.1 Å². The Kier molecular flexibility index (Phi) is 7.62. The van der Waals surface area contributed by atoms with Crippen molar-refractivity contribution in [1.29, 1.82) is 5.41 Å². The first kappa shape index (κ1) is 24.2. The van der Waals surface area contributed by atoms with Gasteiger partial charge in [-0.15, -0.1) is 17.9 Å². The molecule has 0 spiro atoms. The zero-order valence-electron chi connectivity index (χ0n) is 19.5. The van der Waals surface area contributed by atoms with E-state index in [0.717, 1.165) is 45.9 Å². The van der Waals surface area contributed by atoms with Crippen LogP contribution in [-0.4, -0.2) is 39.7 Å². The van der Waals surface area contributed by atoms with E-state index < -0.39 is 0 Å². The number of aromatic nitrogens is 2. The summed E-state index contributed by atoms with van der Waals surface area (Å²) in [4.78, 5) is 21.0. The summed E-state index contributed by atoms with van der Waals surface area (Å²) in [6, 6.07) is 12.1. The number of hydrogen-bond acceptors (Lipinski definition) is 6. The molecule has 35 heavy (non-hydrogen) atoms. The van der Waals surface area contributed by atoms with Crippen molar-refractivity contribution >= 4 is 51.7 Å². The molecule has 0 bridgehead atoms. The largest absolute Gasteiger partial charge is 0.404 e. The summed E-state index contributed by atoms with van der Waals surface area (Å²) in [6.45, 7) is 8.79. The Hall–Kier alpha value is -3.91. The number of likely N-dealkylation sites (tertiary alicyclic amines) is 1. The van der Waals surface area contributed by atoms with Gasteiger partial charge in [0, 0.05) is 42.4 Å². The van der Waals surface area contributed by atoms with Gasteiger partial charge in [-0.3, -0.25) is 4.79 Å². The van der Waals surface area contributed by atoms with Crippen LogP contribution >= 0.6 is 11.3 Å². The zero-order valence-corrected chi connectivity index (χ0v) is 20.3. The summed E-state index contributed by atoms with van der Waals surface area (Å²) >= 11 is 1.54. The normalized spacial score (nSPS) is 16.8. The Morgan fingerprint density at radius 2 is 2.03 bits per heavy atom. The molecule has 1 aliphatic rings. The molecule has 1 fully saturated rings. The van der Waals surface area contributed by atoms with Gasteiger partial charge in [0.05, 0.1) is 27.6 Å². The van der Waals surface area contributed by atoms with E-state index in [4.69, 9.17) is 16.1 Å². The van der Waals surface area contributed by atoms with Gasteiger partial charge >= 0.3 is 0 Å². The molecule has 8 heteroatoms. The minimum Gasteiger partial charge on any atom is -0.404 e. The molecule has 4 rings (SSSR count). The van der Waals surface area contributed by atoms with E-state index in [9.17, 15) is 4.79 Å². The highest BCUT2D eigenvalue weighted by Crippen LogP contribution is 2.34. The number of nitrogens with zero attached hydrogens (tertiary/aromatic N) is 3. The molecule has 1 saturated heterocycles. The number of anilines is 1. The molecule has 3 heterocycles. The van der Waals surface area contributed by atoms with Crippen molar-refractivity contribution in [3.8, 4) is 0 Å². The van der Waals surface area contributed by atoms with Crippen molar-refractivity contribution in [1.82, 2.24) is 14.5 Å². The van der Waals surface area contributed by atoms with Crippen molar-refractivity contribution in [2.24, 2.45) is 5.73 Å². The van der Waals surface area contributed by atoms with Gasteiger partial charge < -0.3 is 25.9 Å². The number of imidazole rings is 1. The fourth-order valence-corrected chi connectivity index (χ4v) is 5.29. The fraction of sp³-hybridized carbons (Fsp3) is 0.185. The highest BCUT2D eigenvalue weighted by molar-refractivity contribution is 7.14. The number of benzene rings is 1. The summed E-state index contributed by atoms with van der Waals surface area (Å²) in [7, 11) is 0. The van der Waals surface area contributed by atoms with Gasteiger partial charge in [0.25, 0.3) is 0 Å². The van der Waals surface area contributed by atoms with Gasteiger partial charge in [0.2, 0.25) is 11.9 Å². The summed E-state index contributed by atoms with van der Waals surface area (Å²) in [5.74, 6) is 0.667. The number of thiophene rings is 1. The lowest BCUT2D eigenvalue weighted by molar-refractivity contribution is -0.127. The lowest BCUT2D eigenvalue weighted by atomic mass is 10.0. The van der Waals surface area contributed by atoms with Crippen LogP contribution in [-0.2, 0) is 4.79 Å². The standard InChI is InChI=1S/C27H29N6OS/c1-3-5-10-22(25-14-13-24(35-25)19(16-28)17-29)31-27-30-21-11-6-7-12-23(21)33(27)20-9-8-15-32(18-20)26(34)4-2/h3-7,10-14,16-17,20,28H,1-2,8-9,15,18,29H2,(H,30,31)/b19-17?,22-10+,28-16?. The third-order valence-electron chi connectivity index (χ3n) is 5.98. The summed E-state index contributed by atoms with van der Waals surface area (Å²) < 4.78 is 2.21. The van der Waals surface area contributed by atoms with E-state index in [1.54, 1.807) is 6.08 Å². The molecule has 1 aromatic carbocycles. The van der Waals surface area contributed by atoms with Crippen LogP contribution in [0.15, 0.2) is 74.0 Å². The first-order chi connectivity index (χ1) is 17.1. The van der Waals surface area contributed by atoms with Crippen molar-refractivity contribution in [3.05, 3.63) is 90.2 Å². The summed E-state index contributed by atoms with van der Waals surface area (Å²) in [5, 5.41) is 11.1. The molecular weight excluding hydrogens is 456 g/mol. The molecule has 1 aliphatic heterocycles. The van der Waals surface area contributed by atoms with Crippen molar-refractivity contribution in [2.45, 2.75) is 18.9 Å². The predicted molar refractivity (Wildman–Crippen MR) is 146 cm³/mol. The smallest absolute Gasteiger partial charge is 0.246 e. The van der Waals surface area contributed by atoms with Gasteiger partial charge in [-0.05, 0) is 43.2 Å². The van der Waals surface area contributed by atoms with E-state index in [-0.39, 0.29) is 11.9 Å². The van der Waals surface area contributed by atoms with Crippen molar-refractivity contribution < 1.29 is 4.79 Å². The minimum absolute atomic E-state index is 0.0455. The Bertz CT molecular complexity index is 1310. The van der Waals surface area contributed by atoms with E-state index in [1.165, 1.54) is 29.8 Å². The highest BCUT2D eigenvalue weighted by atomic mass is 32.1. The van der Waals surface area contributed by atoms with E-state index in [2.05, 4.69) is 29.1 Å². The average Bonchev–Trinajstić information content (AvgIpc) is 3.52. The number of piperidine rings is 1. The van der Waals surface area contributed by atoms with Gasteiger partial charge in [-0.25, -0.2) is 4.98 Å². The third-order valence-corrected chi connectivity index (χ3v) is 7.15. The predicted octanol–water partition coefficient (Wildman–Crippen LogP) is 5.24. The number of nitrogens with one attached hydrogen (secondary N) is 2. The first-order valence-corrected chi connectivity index (χ1v) is 12.3. The van der Waals surface area contributed by atoms with Crippen molar-refractivity contribution in [2.75, 3.05) is 18.4 Å². The van der Waals surface area contributed by atoms with Gasteiger partial charge in [0.1, 0.15) is 0 Å². The lowest BCUT2D eigenvalue weighted by Gasteiger charge is -2.34. The van der Waals surface area contributed by atoms with Crippen LogP contribution in [0.5, 0.6) is 0 Å².